The van der Waals surface area contributed by atoms with Crippen molar-refractivity contribution >= 4 is 17.3 Å². The second-order valence-corrected chi connectivity index (χ2v) is 4.80. The van der Waals surface area contributed by atoms with Crippen molar-refractivity contribution in [1.29, 1.82) is 0 Å². The summed E-state index contributed by atoms with van der Waals surface area (Å²) in [6.07, 6.45) is 3.06. The fourth-order valence-corrected chi connectivity index (χ4v) is 2.22. The maximum absolute atomic E-state index is 11.3. The van der Waals surface area contributed by atoms with Gasteiger partial charge < -0.3 is 15.3 Å². The fraction of sp³-hybridized carbons (Fsp3) is 0.667. The predicted molar refractivity (Wildman–Crippen MR) is 74.9 cm³/mol. The Hall–Kier alpha value is -1.96. The van der Waals surface area contributed by atoms with Gasteiger partial charge in [0.25, 0.3) is 0 Å². The number of nitro groups is 1. The summed E-state index contributed by atoms with van der Waals surface area (Å²) in [6.45, 7) is 3.72. The maximum atomic E-state index is 11.3. The number of rotatable bonds is 5. The van der Waals surface area contributed by atoms with Crippen LogP contribution in [0.4, 0.5) is 17.3 Å². The number of nitrogens with one attached hydrogen (secondary N) is 1. The zero-order valence-electron chi connectivity index (χ0n) is 11.4. The van der Waals surface area contributed by atoms with Crippen LogP contribution in [0.2, 0.25) is 0 Å². The first-order chi connectivity index (χ1) is 9.63. The molecule has 0 unspecified atom stereocenters. The SMILES string of the molecule is CCCNc1ncnc(N2CCC(O)CC2)c1[N+](=O)[O-]. The smallest absolute Gasteiger partial charge is 0.353 e. The lowest BCUT2D eigenvalue weighted by Crippen LogP contribution is -2.36. The molecule has 1 aliphatic heterocycles. The number of hydrogen-bond donors (Lipinski definition) is 2. The topological polar surface area (TPSA) is 104 Å². The van der Waals surface area contributed by atoms with Gasteiger partial charge in [-0.15, -0.1) is 0 Å². The Morgan fingerprint density at radius 1 is 1.50 bits per heavy atom. The Bertz CT molecular complexity index is 474. The van der Waals surface area contributed by atoms with Gasteiger partial charge >= 0.3 is 5.69 Å². The van der Waals surface area contributed by atoms with E-state index in [0.717, 1.165) is 6.42 Å². The van der Waals surface area contributed by atoms with Gasteiger partial charge in [0.1, 0.15) is 6.33 Å². The number of anilines is 2. The summed E-state index contributed by atoms with van der Waals surface area (Å²) in [7, 11) is 0. The van der Waals surface area contributed by atoms with Gasteiger partial charge in [-0.25, -0.2) is 9.97 Å². The zero-order valence-corrected chi connectivity index (χ0v) is 11.4. The van der Waals surface area contributed by atoms with Crippen LogP contribution in [0.25, 0.3) is 0 Å². The summed E-state index contributed by atoms with van der Waals surface area (Å²) in [5.41, 5.74) is -0.0858. The molecule has 20 heavy (non-hydrogen) atoms. The molecule has 0 radical (unpaired) electrons. The molecule has 0 aliphatic carbocycles. The van der Waals surface area contributed by atoms with Crippen molar-refractivity contribution in [3.63, 3.8) is 0 Å². The monoisotopic (exact) mass is 281 g/mol. The molecule has 0 spiro atoms. The van der Waals surface area contributed by atoms with Gasteiger partial charge in [-0.2, -0.15) is 0 Å². The summed E-state index contributed by atoms with van der Waals surface area (Å²) in [5.74, 6) is 0.587. The minimum atomic E-state index is -0.446. The van der Waals surface area contributed by atoms with Crippen LogP contribution >= 0.6 is 0 Å². The van der Waals surface area contributed by atoms with E-state index in [1.807, 2.05) is 11.8 Å². The molecule has 0 atom stereocenters. The van der Waals surface area contributed by atoms with Crippen molar-refractivity contribution in [3.8, 4) is 0 Å². The van der Waals surface area contributed by atoms with Gasteiger partial charge in [0.05, 0.1) is 11.0 Å². The van der Waals surface area contributed by atoms with Crippen molar-refractivity contribution < 1.29 is 10.0 Å². The van der Waals surface area contributed by atoms with E-state index in [0.29, 0.717) is 38.3 Å². The minimum Gasteiger partial charge on any atom is -0.393 e. The van der Waals surface area contributed by atoms with Gasteiger partial charge in [-0.05, 0) is 19.3 Å². The van der Waals surface area contributed by atoms with Crippen molar-refractivity contribution in [1.82, 2.24) is 9.97 Å². The maximum Gasteiger partial charge on any atom is 0.353 e. The highest BCUT2D eigenvalue weighted by Gasteiger charge is 2.29. The fourth-order valence-electron chi connectivity index (χ4n) is 2.22. The predicted octanol–water partition coefficient (Wildman–Crippen LogP) is 1.17. The molecule has 8 nitrogen and oxygen atoms in total. The van der Waals surface area contributed by atoms with E-state index in [-0.39, 0.29) is 17.6 Å². The molecule has 2 N–H and O–H groups in total. The summed E-state index contributed by atoms with van der Waals surface area (Å²) < 4.78 is 0. The van der Waals surface area contributed by atoms with Crippen LogP contribution in [0.1, 0.15) is 26.2 Å². The van der Waals surface area contributed by atoms with Crippen LogP contribution in [0.5, 0.6) is 0 Å². The summed E-state index contributed by atoms with van der Waals surface area (Å²) in [4.78, 5) is 20.7. The van der Waals surface area contributed by atoms with E-state index in [1.54, 1.807) is 0 Å². The number of piperidine rings is 1. The van der Waals surface area contributed by atoms with Gasteiger partial charge in [0.2, 0.25) is 11.6 Å². The van der Waals surface area contributed by atoms with Gasteiger partial charge in [0.15, 0.2) is 0 Å². The lowest BCUT2D eigenvalue weighted by molar-refractivity contribution is -0.383. The number of aromatic nitrogens is 2. The third-order valence-electron chi connectivity index (χ3n) is 3.29. The quantitative estimate of drug-likeness (QED) is 0.616. The summed E-state index contributed by atoms with van der Waals surface area (Å²) in [6, 6.07) is 0. The Labute approximate surface area is 117 Å². The average Bonchev–Trinajstić information content (AvgIpc) is 2.45. The molecule has 0 amide bonds. The van der Waals surface area contributed by atoms with Crippen LogP contribution in [0.3, 0.4) is 0 Å². The molecule has 0 saturated carbocycles. The average molecular weight is 281 g/mol. The number of aliphatic hydroxyl groups is 1. The second-order valence-electron chi connectivity index (χ2n) is 4.80. The molecule has 1 aliphatic rings. The largest absolute Gasteiger partial charge is 0.393 e. The van der Waals surface area contributed by atoms with Crippen LogP contribution in [0.15, 0.2) is 6.33 Å². The molecule has 0 bridgehead atoms. The first-order valence-electron chi connectivity index (χ1n) is 6.79. The van der Waals surface area contributed by atoms with Crippen LogP contribution in [-0.4, -0.2) is 45.7 Å². The molecule has 2 heterocycles. The van der Waals surface area contributed by atoms with E-state index in [9.17, 15) is 15.2 Å². The highest BCUT2D eigenvalue weighted by molar-refractivity contribution is 5.70. The normalized spacial score (nSPS) is 16.2. The Morgan fingerprint density at radius 2 is 2.20 bits per heavy atom. The second kappa shape index (κ2) is 6.47. The van der Waals surface area contributed by atoms with Crippen molar-refractivity contribution in [3.05, 3.63) is 16.4 Å². The molecule has 1 saturated heterocycles. The third-order valence-corrected chi connectivity index (χ3v) is 3.29. The molecular weight excluding hydrogens is 262 g/mol. The molecule has 110 valence electrons. The number of aliphatic hydroxyl groups excluding tert-OH is 1. The van der Waals surface area contributed by atoms with Crippen LogP contribution in [-0.2, 0) is 0 Å². The first-order valence-corrected chi connectivity index (χ1v) is 6.79. The highest BCUT2D eigenvalue weighted by Crippen LogP contribution is 2.33. The molecule has 0 aromatic carbocycles. The molecule has 2 rings (SSSR count). The van der Waals surface area contributed by atoms with E-state index < -0.39 is 4.92 Å². The summed E-state index contributed by atoms with van der Waals surface area (Å²) in [5, 5.41) is 23.8. The first kappa shape index (κ1) is 14.4. The van der Waals surface area contributed by atoms with Crippen LogP contribution < -0.4 is 10.2 Å². The standard InChI is InChI=1S/C12H19N5O3/c1-2-5-13-11-10(17(19)20)12(15-8-14-11)16-6-3-9(18)4-7-16/h8-9,18H,2-7H2,1H3,(H,13,14,15). The lowest BCUT2D eigenvalue weighted by atomic mass is 10.1. The highest BCUT2D eigenvalue weighted by atomic mass is 16.6. The van der Waals surface area contributed by atoms with E-state index in [1.165, 1.54) is 6.33 Å². The van der Waals surface area contributed by atoms with Crippen molar-refractivity contribution in [2.75, 3.05) is 29.9 Å². The number of hydrogen-bond acceptors (Lipinski definition) is 7. The van der Waals surface area contributed by atoms with Gasteiger partial charge in [-0.1, -0.05) is 6.92 Å². The molecule has 1 aromatic rings. The zero-order chi connectivity index (χ0) is 14.5. The molecule has 1 aromatic heterocycles. The van der Waals surface area contributed by atoms with Crippen molar-refractivity contribution in [2.24, 2.45) is 0 Å². The van der Waals surface area contributed by atoms with E-state index in [4.69, 9.17) is 0 Å². The molecule has 1 fully saturated rings. The Balaban J connectivity index is 2.29. The van der Waals surface area contributed by atoms with Crippen molar-refractivity contribution in [2.45, 2.75) is 32.3 Å². The Kier molecular flexibility index (Phi) is 4.67. The molecule has 8 heteroatoms. The third kappa shape index (κ3) is 3.13. The molecular formula is C12H19N5O3. The van der Waals surface area contributed by atoms with Gasteiger partial charge in [-0.3, -0.25) is 10.1 Å². The number of nitrogens with zero attached hydrogens (tertiary/aromatic N) is 4. The lowest BCUT2D eigenvalue weighted by Gasteiger charge is -2.30. The summed E-state index contributed by atoms with van der Waals surface area (Å²) >= 11 is 0. The minimum absolute atomic E-state index is 0.0858. The van der Waals surface area contributed by atoms with E-state index >= 15 is 0 Å². The van der Waals surface area contributed by atoms with Crippen LogP contribution in [0, 0.1) is 10.1 Å². The Morgan fingerprint density at radius 3 is 2.80 bits per heavy atom. The van der Waals surface area contributed by atoms with Gasteiger partial charge in [0, 0.05) is 19.6 Å². The van der Waals surface area contributed by atoms with E-state index in [2.05, 4.69) is 15.3 Å².